The van der Waals surface area contributed by atoms with E-state index in [4.69, 9.17) is 4.74 Å². The first-order valence-electron chi connectivity index (χ1n) is 8.57. The van der Waals surface area contributed by atoms with Gasteiger partial charge < -0.3 is 15.2 Å². The number of nitrogens with one attached hydrogen (secondary N) is 1. The van der Waals surface area contributed by atoms with Crippen LogP contribution in [0.1, 0.15) is 41.6 Å². The Hall–Kier alpha value is -1.85. The zero-order chi connectivity index (χ0) is 17.6. The van der Waals surface area contributed by atoms with Gasteiger partial charge in [-0.1, -0.05) is 46.3 Å². The second-order valence-electron chi connectivity index (χ2n) is 6.36. The number of hydrogen-bond acceptors (Lipinski definition) is 3. The summed E-state index contributed by atoms with van der Waals surface area (Å²) in [4.78, 5) is 12.6. The predicted octanol–water partition coefficient (Wildman–Crippen LogP) is 4.06. The van der Waals surface area contributed by atoms with Crippen LogP contribution in [0, 0.1) is 0 Å². The SMILES string of the molecule is O=C(NC1CCC(O)CC1)c1ccccc1OCc1ccccc1Br. The number of para-hydroxylation sites is 1. The van der Waals surface area contributed by atoms with E-state index in [-0.39, 0.29) is 18.1 Å². The molecule has 4 nitrogen and oxygen atoms in total. The number of ether oxygens (including phenoxy) is 1. The molecule has 0 spiro atoms. The molecule has 1 aliphatic carbocycles. The van der Waals surface area contributed by atoms with Crippen LogP contribution in [-0.4, -0.2) is 23.2 Å². The van der Waals surface area contributed by atoms with Crippen molar-refractivity contribution in [2.24, 2.45) is 0 Å². The van der Waals surface area contributed by atoms with Crippen molar-refractivity contribution in [1.29, 1.82) is 0 Å². The van der Waals surface area contributed by atoms with Gasteiger partial charge in [0.15, 0.2) is 0 Å². The molecule has 0 saturated heterocycles. The summed E-state index contributed by atoms with van der Waals surface area (Å²) in [7, 11) is 0. The zero-order valence-corrected chi connectivity index (χ0v) is 15.5. The van der Waals surface area contributed by atoms with Crippen LogP contribution < -0.4 is 10.1 Å². The number of amides is 1. The molecule has 0 heterocycles. The highest BCUT2D eigenvalue weighted by Crippen LogP contribution is 2.24. The number of aliphatic hydroxyl groups is 1. The molecule has 0 unspecified atom stereocenters. The number of carbonyl (C=O) groups is 1. The fourth-order valence-corrected chi connectivity index (χ4v) is 3.43. The summed E-state index contributed by atoms with van der Waals surface area (Å²) in [5.74, 6) is 0.454. The summed E-state index contributed by atoms with van der Waals surface area (Å²) in [6, 6.07) is 15.3. The minimum atomic E-state index is -0.229. The molecule has 2 aromatic rings. The quantitative estimate of drug-likeness (QED) is 0.790. The molecule has 132 valence electrons. The molecule has 0 radical (unpaired) electrons. The molecule has 1 amide bonds. The molecule has 0 aromatic heterocycles. The second kappa shape index (κ2) is 8.50. The monoisotopic (exact) mass is 403 g/mol. The molecule has 1 saturated carbocycles. The smallest absolute Gasteiger partial charge is 0.255 e. The van der Waals surface area contributed by atoms with Crippen molar-refractivity contribution in [3.8, 4) is 5.75 Å². The third-order valence-corrected chi connectivity index (χ3v) is 5.28. The topological polar surface area (TPSA) is 58.6 Å². The van der Waals surface area contributed by atoms with Crippen LogP contribution in [-0.2, 0) is 6.61 Å². The molecule has 5 heteroatoms. The van der Waals surface area contributed by atoms with Crippen molar-refractivity contribution in [1.82, 2.24) is 5.32 Å². The van der Waals surface area contributed by atoms with Crippen LogP contribution >= 0.6 is 15.9 Å². The zero-order valence-electron chi connectivity index (χ0n) is 14.0. The van der Waals surface area contributed by atoms with Gasteiger partial charge in [0, 0.05) is 16.1 Å². The Bertz CT molecular complexity index is 726. The van der Waals surface area contributed by atoms with Gasteiger partial charge >= 0.3 is 0 Å². The Balaban J connectivity index is 1.66. The normalized spacial score (nSPS) is 20.1. The van der Waals surface area contributed by atoms with E-state index in [0.717, 1.165) is 35.7 Å². The third kappa shape index (κ3) is 4.83. The fraction of sp³-hybridized carbons (Fsp3) is 0.350. The van der Waals surface area contributed by atoms with Gasteiger partial charge in [-0.25, -0.2) is 0 Å². The number of halogens is 1. The maximum absolute atomic E-state index is 12.6. The molecule has 1 aliphatic rings. The minimum Gasteiger partial charge on any atom is -0.488 e. The number of benzene rings is 2. The van der Waals surface area contributed by atoms with Crippen molar-refractivity contribution < 1.29 is 14.6 Å². The predicted molar refractivity (Wildman–Crippen MR) is 101 cm³/mol. The third-order valence-electron chi connectivity index (χ3n) is 4.50. The van der Waals surface area contributed by atoms with E-state index in [1.807, 2.05) is 42.5 Å². The van der Waals surface area contributed by atoms with E-state index < -0.39 is 0 Å². The summed E-state index contributed by atoms with van der Waals surface area (Å²) < 4.78 is 6.88. The van der Waals surface area contributed by atoms with Gasteiger partial charge in [0.1, 0.15) is 12.4 Å². The van der Waals surface area contributed by atoms with Gasteiger partial charge in [0.25, 0.3) is 5.91 Å². The van der Waals surface area contributed by atoms with Gasteiger partial charge in [-0.2, -0.15) is 0 Å². The van der Waals surface area contributed by atoms with Crippen molar-refractivity contribution in [2.75, 3.05) is 0 Å². The van der Waals surface area contributed by atoms with E-state index >= 15 is 0 Å². The fourth-order valence-electron chi connectivity index (χ4n) is 3.03. The van der Waals surface area contributed by atoms with Crippen molar-refractivity contribution in [3.05, 3.63) is 64.1 Å². The van der Waals surface area contributed by atoms with Gasteiger partial charge in [-0.3, -0.25) is 4.79 Å². The lowest BCUT2D eigenvalue weighted by atomic mass is 9.93. The molecular formula is C20H22BrNO3. The maximum Gasteiger partial charge on any atom is 0.255 e. The Morgan fingerprint density at radius 1 is 1.08 bits per heavy atom. The van der Waals surface area contributed by atoms with Crippen LogP contribution in [0.4, 0.5) is 0 Å². The Morgan fingerprint density at radius 3 is 2.52 bits per heavy atom. The highest BCUT2D eigenvalue weighted by Gasteiger charge is 2.22. The Labute approximate surface area is 156 Å². The van der Waals surface area contributed by atoms with Gasteiger partial charge in [-0.15, -0.1) is 0 Å². The van der Waals surface area contributed by atoms with E-state index in [1.54, 1.807) is 6.07 Å². The molecule has 2 N–H and O–H groups in total. The molecule has 3 rings (SSSR count). The highest BCUT2D eigenvalue weighted by molar-refractivity contribution is 9.10. The summed E-state index contributed by atoms with van der Waals surface area (Å²) in [6.45, 7) is 0.390. The lowest BCUT2D eigenvalue weighted by Crippen LogP contribution is -2.38. The Morgan fingerprint density at radius 2 is 1.76 bits per heavy atom. The van der Waals surface area contributed by atoms with Gasteiger partial charge in [0.05, 0.1) is 11.7 Å². The highest BCUT2D eigenvalue weighted by atomic mass is 79.9. The molecule has 2 aromatic carbocycles. The van der Waals surface area contributed by atoms with Crippen molar-refractivity contribution in [3.63, 3.8) is 0 Å². The van der Waals surface area contributed by atoms with Crippen molar-refractivity contribution >= 4 is 21.8 Å². The standard InChI is InChI=1S/C20H22BrNO3/c21-18-7-3-1-5-14(18)13-25-19-8-4-2-6-17(19)20(24)22-15-9-11-16(23)12-10-15/h1-8,15-16,23H,9-13H2,(H,22,24). The minimum absolute atomic E-state index is 0.118. The summed E-state index contributed by atoms with van der Waals surface area (Å²) in [6.07, 6.45) is 2.88. The molecular weight excluding hydrogens is 382 g/mol. The number of aliphatic hydroxyl groups excluding tert-OH is 1. The largest absolute Gasteiger partial charge is 0.488 e. The summed E-state index contributed by atoms with van der Waals surface area (Å²) in [5, 5.41) is 12.7. The molecule has 25 heavy (non-hydrogen) atoms. The van der Waals surface area contributed by atoms with Gasteiger partial charge in [0.2, 0.25) is 0 Å². The maximum atomic E-state index is 12.6. The van der Waals surface area contributed by atoms with Crippen molar-refractivity contribution in [2.45, 2.75) is 44.4 Å². The van der Waals surface area contributed by atoms with E-state index in [9.17, 15) is 9.90 Å². The molecule has 0 atom stereocenters. The van der Waals surface area contributed by atoms with Crippen LogP contribution in [0.5, 0.6) is 5.75 Å². The Kier molecular flexibility index (Phi) is 6.10. The van der Waals surface area contributed by atoms with Crippen LogP contribution in [0.2, 0.25) is 0 Å². The van der Waals surface area contributed by atoms with E-state index in [0.29, 0.717) is 17.9 Å². The number of rotatable bonds is 5. The molecule has 0 aliphatic heterocycles. The first kappa shape index (κ1) is 18.0. The second-order valence-corrected chi connectivity index (χ2v) is 7.21. The van der Waals surface area contributed by atoms with E-state index in [2.05, 4.69) is 21.2 Å². The average Bonchev–Trinajstić information content (AvgIpc) is 2.63. The van der Waals surface area contributed by atoms with Gasteiger partial charge in [-0.05, 0) is 43.9 Å². The molecule has 1 fully saturated rings. The summed E-state index contributed by atoms with van der Waals surface area (Å²) in [5.41, 5.74) is 1.57. The van der Waals surface area contributed by atoms with Crippen LogP contribution in [0.3, 0.4) is 0 Å². The average molecular weight is 404 g/mol. The summed E-state index contributed by atoms with van der Waals surface area (Å²) >= 11 is 3.51. The molecule has 0 bridgehead atoms. The lowest BCUT2D eigenvalue weighted by Gasteiger charge is -2.26. The number of hydrogen-bond donors (Lipinski definition) is 2. The first-order valence-corrected chi connectivity index (χ1v) is 9.37. The first-order chi connectivity index (χ1) is 12.1. The number of carbonyl (C=O) groups excluding carboxylic acids is 1. The van der Waals surface area contributed by atoms with Crippen LogP contribution in [0.15, 0.2) is 53.0 Å². The van der Waals surface area contributed by atoms with Crippen LogP contribution in [0.25, 0.3) is 0 Å². The lowest BCUT2D eigenvalue weighted by molar-refractivity contribution is 0.0863. The van der Waals surface area contributed by atoms with E-state index in [1.165, 1.54) is 0 Å².